The molecule has 0 spiro atoms. The molecule has 108 valence electrons. The van der Waals surface area contributed by atoms with E-state index in [-0.39, 0.29) is 6.61 Å². The lowest BCUT2D eigenvalue weighted by molar-refractivity contribution is -0.123. The summed E-state index contributed by atoms with van der Waals surface area (Å²) < 4.78 is 18.6. The minimum absolute atomic E-state index is 0.155. The van der Waals surface area contributed by atoms with Crippen molar-refractivity contribution in [1.29, 1.82) is 0 Å². The van der Waals surface area contributed by atoms with Gasteiger partial charge in [0.1, 0.15) is 11.6 Å². The molecular formula is C16H15FN2O2. The minimum Gasteiger partial charge on any atom is -0.484 e. The zero-order chi connectivity index (χ0) is 15.1. The molecule has 0 unspecified atom stereocenters. The van der Waals surface area contributed by atoms with E-state index in [1.54, 1.807) is 30.3 Å². The van der Waals surface area contributed by atoms with Crippen LogP contribution >= 0.6 is 0 Å². The molecule has 0 aliphatic rings. The van der Waals surface area contributed by atoms with Gasteiger partial charge >= 0.3 is 0 Å². The quantitative estimate of drug-likeness (QED) is 0.678. The molecule has 2 rings (SSSR count). The van der Waals surface area contributed by atoms with Crippen molar-refractivity contribution in [3.63, 3.8) is 0 Å². The molecule has 4 nitrogen and oxygen atoms in total. The number of hydrogen-bond acceptors (Lipinski definition) is 3. The van der Waals surface area contributed by atoms with Gasteiger partial charge in [-0.2, -0.15) is 5.10 Å². The van der Waals surface area contributed by atoms with E-state index in [0.29, 0.717) is 11.3 Å². The Labute approximate surface area is 122 Å². The van der Waals surface area contributed by atoms with Crippen molar-refractivity contribution in [1.82, 2.24) is 5.43 Å². The molecule has 0 atom stereocenters. The molecule has 0 heterocycles. The number of halogens is 1. The van der Waals surface area contributed by atoms with E-state index in [1.807, 2.05) is 19.1 Å². The summed E-state index contributed by atoms with van der Waals surface area (Å²) in [5.41, 5.74) is 3.69. The molecule has 0 saturated heterocycles. The smallest absolute Gasteiger partial charge is 0.277 e. The predicted molar refractivity (Wildman–Crippen MR) is 78.8 cm³/mol. The van der Waals surface area contributed by atoms with Crippen LogP contribution < -0.4 is 10.2 Å². The van der Waals surface area contributed by atoms with Gasteiger partial charge in [-0.05, 0) is 25.1 Å². The molecule has 2 aromatic rings. The van der Waals surface area contributed by atoms with Gasteiger partial charge in [-0.15, -0.1) is 0 Å². The number of carbonyl (C=O) groups excluding carboxylic acids is 1. The molecule has 0 aliphatic heterocycles. The van der Waals surface area contributed by atoms with Gasteiger partial charge in [0.05, 0.1) is 6.21 Å². The maximum absolute atomic E-state index is 13.3. The molecule has 0 bridgehead atoms. The van der Waals surface area contributed by atoms with E-state index >= 15 is 0 Å². The molecule has 0 fully saturated rings. The summed E-state index contributed by atoms with van der Waals surface area (Å²) in [4.78, 5) is 11.5. The van der Waals surface area contributed by atoms with Crippen LogP contribution in [0.4, 0.5) is 4.39 Å². The molecule has 1 N–H and O–H groups in total. The summed E-state index contributed by atoms with van der Waals surface area (Å²) in [7, 11) is 0. The Kier molecular flexibility index (Phi) is 5.04. The molecule has 0 saturated carbocycles. The lowest BCUT2D eigenvalue weighted by Crippen LogP contribution is -2.24. The standard InChI is InChI=1S/C16H15FN2O2/c1-12-6-8-14(9-7-12)21-11-16(20)19-18-10-13-4-2-3-5-15(13)17/h2-10H,11H2,1H3,(H,19,20)/b18-10+. The van der Waals surface area contributed by atoms with E-state index in [4.69, 9.17) is 4.74 Å². The molecule has 0 aromatic heterocycles. The zero-order valence-electron chi connectivity index (χ0n) is 11.5. The van der Waals surface area contributed by atoms with Gasteiger partial charge in [0, 0.05) is 5.56 Å². The lowest BCUT2D eigenvalue weighted by atomic mass is 10.2. The van der Waals surface area contributed by atoms with Crippen molar-refractivity contribution in [2.24, 2.45) is 5.10 Å². The minimum atomic E-state index is -0.414. The highest BCUT2D eigenvalue weighted by atomic mass is 19.1. The van der Waals surface area contributed by atoms with Crippen LogP contribution in [-0.4, -0.2) is 18.7 Å². The zero-order valence-corrected chi connectivity index (χ0v) is 11.5. The van der Waals surface area contributed by atoms with Gasteiger partial charge in [-0.25, -0.2) is 9.82 Å². The Morgan fingerprint density at radius 1 is 1.24 bits per heavy atom. The SMILES string of the molecule is Cc1ccc(OCC(=O)N/N=C/c2ccccc2F)cc1. The van der Waals surface area contributed by atoms with Crippen LogP contribution in [0.5, 0.6) is 5.75 Å². The van der Waals surface area contributed by atoms with Crippen molar-refractivity contribution >= 4 is 12.1 Å². The second-order valence-corrected chi connectivity index (χ2v) is 4.42. The largest absolute Gasteiger partial charge is 0.484 e. The fourth-order valence-electron chi connectivity index (χ4n) is 1.57. The summed E-state index contributed by atoms with van der Waals surface area (Å²) >= 11 is 0. The first kappa shape index (κ1) is 14.7. The van der Waals surface area contributed by atoms with Crippen LogP contribution in [0.3, 0.4) is 0 Å². The Hall–Kier alpha value is -2.69. The van der Waals surface area contributed by atoms with Gasteiger partial charge < -0.3 is 4.74 Å². The van der Waals surface area contributed by atoms with Gasteiger partial charge in [-0.3, -0.25) is 4.79 Å². The number of nitrogens with zero attached hydrogens (tertiary/aromatic N) is 1. The number of benzene rings is 2. The van der Waals surface area contributed by atoms with Crippen molar-refractivity contribution < 1.29 is 13.9 Å². The van der Waals surface area contributed by atoms with Crippen LogP contribution in [0.2, 0.25) is 0 Å². The topological polar surface area (TPSA) is 50.7 Å². The van der Waals surface area contributed by atoms with Gasteiger partial charge in [0.15, 0.2) is 6.61 Å². The van der Waals surface area contributed by atoms with E-state index in [2.05, 4.69) is 10.5 Å². The number of nitrogens with one attached hydrogen (secondary N) is 1. The first-order valence-corrected chi connectivity index (χ1v) is 6.41. The van der Waals surface area contributed by atoms with Crippen molar-refractivity contribution in [3.8, 4) is 5.75 Å². The molecular weight excluding hydrogens is 271 g/mol. The number of hydrogen-bond donors (Lipinski definition) is 1. The highest BCUT2D eigenvalue weighted by Gasteiger charge is 2.01. The van der Waals surface area contributed by atoms with Crippen molar-refractivity contribution in [2.45, 2.75) is 6.92 Å². The second-order valence-electron chi connectivity index (χ2n) is 4.42. The Bertz CT molecular complexity index is 639. The molecule has 0 aliphatic carbocycles. The van der Waals surface area contributed by atoms with E-state index in [1.165, 1.54) is 12.3 Å². The molecule has 0 radical (unpaired) electrons. The number of ether oxygens (including phenoxy) is 1. The number of aryl methyl sites for hydroxylation is 1. The summed E-state index contributed by atoms with van der Waals surface area (Å²) in [5.74, 6) is -0.205. The molecule has 5 heteroatoms. The monoisotopic (exact) mass is 286 g/mol. The molecule has 2 aromatic carbocycles. The molecule has 1 amide bonds. The lowest BCUT2D eigenvalue weighted by Gasteiger charge is -2.05. The summed E-state index contributed by atoms with van der Waals surface area (Å²) in [5, 5.41) is 3.68. The fourth-order valence-corrected chi connectivity index (χ4v) is 1.57. The second kappa shape index (κ2) is 7.19. The van der Waals surface area contributed by atoms with Crippen LogP contribution in [0.25, 0.3) is 0 Å². The maximum atomic E-state index is 13.3. The average molecular weight is 286 g/mol. The third kappa shape index (κ3) is 4.72. The number of hydrazone groups is 1. The summed E-state index contributed by atoms with van der Waals surface area (Å²) in [6.45, 7) is 1.81. The predicted octanol–water partition coefficient (Wildman–Crippen LogP) is 2.66. The van der Waals surface area contributed by atoms with Gasteiger partial charge in [0.2, 0.25) is 0 Å². The van der Waals surface area contributed by atoms with Crippen LogP contribution in [0.1, 0.15) is 11.1 Å². The van der Waals surface area contributed by atoms with Crippen LogP contribution in [0.15, 0.2) is 53.6 Å². The first-order chi connectivity index (χ1) is 10.1. The van der Waals surface area contributed by atoms with Crippen LogP contribution in [0, 0.1) is 12.7 Å². The molecule has 21 heavy (non-hydrogen) atoms. The third-order valence-corrected chi connectivity index (χ3v) is 2.69. The van der Waals surface area contributed by atoms with Gasteiger partial charge in [-0.1, -0.05) is 35.9 Å². The van der Waals surface area contributed by atoms with E-state index in [9.17, 15) is 9.18 Å². The fraction of sp³-hybridized carbons (Fsp3) is 0.125. The third-order valence-electron chi connectivity index (χ3n) is 2.69. The summed E-state index contributed by atoms with van der Waals surface area (Å²) in [6, 6.07) is 13.5. The number of amides is 1. The normalized spacial score (nSPS) is 10.6. The van der Waals surface area contributed by atoms with E-state index < -0.39 is 11.7 Å². The van der Waals surface area contributed by atoms with Crippen LogP contribution in [-0.2, 0) is 4.79 Å². The Morgan fingerprint density at radius 2 is 1.95 bits per heavy atom. The Morgan fingerprint density at radius 3 is 2.67 bits per heavy atom. The van der Waals surface area contributed by atoms with Crippen molar-refractivity contribution in [3.05, 3.63) is 65.5 Å². The maximum Gasteiger partial charge on any atom is 0.277 e. The Balaban J connectivity index is 1.80. The van der Waals surface area contributed by atoms with E-state index in [0.717, 1.165) is 5.56 Å². The number of rotatable bonds is 5. The first-order valence-electron chi connectivity index (χ1n) is 6.41. The van der Waals surface area contributed by atoms with Crippen molar-refractivity contribution in [2.75, 3.05) is 6.61 Å². The highest BCUT2D eigenvalue weighted by molar-refractivity contribution is 5.83. The average Bonchev–Trinajstić information content (AvgIpc) is 2.49. The highest BCUT2D eigenvalue weighted by Crippen LogP contribution is 2.10. The summed E-state index contributed by atoms with van der Waals surface area (Å²) in [6.07, 6.45) is 1.25. The van der Waals surface area contributed by atoms with Gasteiger partial charge in [0.25, 0.3) is 5.91 Å². The number of carbonyl (C=O) groups is 1.